The van der Waals surface area contributed by atoms with Crippen molar-refractivity contribution in [2.75, 3.05) is 11.9 Å². The Labute approximate surface area is 99.4 Å². The number of nitrogens with one attached hydrogen (secondary N) is 1. The van der Waals surface area contributed by atoms with E-state index in [1.165, 1.54) is 0 Å². The summed E-state index contributed by atoms with van der Waals surface area (Å²) in [5.74, 6) is 2.24. The fourth-order valence-corrected chi connectivity index (χ4v) is 1.59. The minimum absolute atomic E-state index is 0.0312. The molecule has 0 aliphatic heterocycles. The van der Waals surface area contributed by atoms with Crippen LogP contribution in [0.25, 0.3) is 10.8 Å². The van der Waals surface area contributed by atoms with Crippen LogP contribution in [0.1, 0.15) is 0 Å². The topological polar surface area (TPSA) is 38.3 Å². The molecule has 0 atom stereocenters. The molecule has 17 heavy (non-hydrogen) atoms. The third kappa shape index (κ3) is 2.56. The normalized spacial score (nSPS) is 9.59. The zero-order chi connectivity index (χ0) is 12.1. The molecule has 0 spiro atoms. The van der Waals surface area contributed by atoms with Gasteiger partial charge in [-0.2, -0.15) is 0 Å². The van der Waals surface area contributed by atoms with Gasteiger partial charge in [0.15, 0.2) is 6.61 Å². The van der Waals surface area contributed by atoms with Crippen LogP contribution in [0.2, 0.25) is 0 Å². The first-order valence-electron chi connectivity index (χ1n) is 5.16. The highest BCUT2D eigenvalue weighted by Crippen LogP contribution is 2.22. The Morgan fingerprint density at radius 1 is 1.24 bits per heavy atom. The molecule has 0 saturated heterocycles. The summed E-state index contributed by atoms with van der Waals surface area (Å²) in [4.78, 5) is 11.4. The molecule has 0 bridgehead atoms. The highest BCUT2D eigenvalue weighted by Gasteiger charge is 2.05. The predicted octanol–water partition coefficient (Wildman–Crippen LogP) is 3.02. The summed E-state index contributed by atoms with van der Waals surface area (Å²) in [5, 5.41) is 4.69. The first-order valence-corrected chi connectivity index (χ1v) is 5.16. The fourth-order valence-electron chi connectivity index (χ4n) is 1.59. The number of amides is 1. The summed E-state index contributed by atoms with van der Waals surface area (Å²) in [5.41, 5.74) is 0.713. The Kier molecular flexibility index (Phi) is 3.27. The maximum Gasteiger partial charge on any atom is 0.412 e. The van der Waals surface area contributed by atoms with Gasteiger partial charge in [0.25, 0.3) is 0 Å². The van der Waals surface area contributed by atoms with E-state index in [0.29, 0.717) is 5.69 Å². The first kappa shape index (κ1) is 11.0. The van der Waals surface area contributed by atoms with Gasteiger partial charge in [0.05, 0.1) is 5.69 Å². The monoisotopic (exact) mass is 225 g/mol. The van der Waals surface area contributed by atoms with Crippen molar-refractivity contribution in [1.29, 1.82) is 0 Å². The summed E-state index contributed by atoms with van der Waals surface area (Å²) < 4.78 is 4.76. The van der Waals surface area contributed by atoms with E-state index in [1.807, 2.05) is 42.5 Å². The Morgan fingerprint density at radius 3 is 2.82 bits per heavy atom. The number of benzene rings is 2. The zero-order valence-corrected chi connectivity index (χ0v) is 9.14. The Balaban J connectivity index is 2.24. The van der Waals surface area contributed by atoms with Crippen molar-refractivity contribution in [3.8, 4) is 12.3 Å². The lowest BCUT2D eigenvalue weighted by Crippen LogP contribution is -2.13. The van der Waals surface area contributed by atoms with Crippen LogP contribution in [-0.4, -0.2) is 12.7 Å². The van der Waals surface area contributed by atoms with E-state index >= 15 is 0 Å². The van der Waals surface area contributed by atoms with Gasteiger partial charge in [0.2, 0.25) is 0 Å². The van der Waals surface area contributed by atoms with E-state index in [9.17, 15) is 4.79 Å². The van der Waals surface area contributed by atoms with Gasteiger partial charge < -0.3 is 4.74 Å². The number of carbonyl (C=O) groups is 1. The molecular formula is C14H11NO2. The van der Waals surface area contributed by atoms with Crippen LogP contribution in [0.4, 0.5) is 10.5 Å². The molecule has 0 radical (unpaired) electrons. The first-order chi connectivity index (χ1) is 8.31. The second-order valence-corrected chi connectivity index (χ2v) is 3.43. The van der Waals surface area contributed by atoms with Crippen LogP contribution in [0, 0.1) is 12.3 Å². The molecular weight excluding hydrogens is 214 g/mol. The van der Waals surface area contributed by atoms with Gasteiger partial charge in [-0.25, -0.2) is 4.79 Å². The number of anilines is 1. The molecule has 1 amide bonds. The smallest absolute Gasteiger partial charge is 0.412 e. The number of terminal acetylenes is 1. The van der Waals surface area contributed by atoms with Crippen molar-refractivity contribution in [2.45, 2.75) is 0 Å². The molecule has 3 heteroatoms. The fraction of sp³-hybridized carbons (Fsp3) is 0.0714. The summed E-state index contributed by atoms with van der Waals surface area (Å²) in [6.07, 6.45) is 4.46. The van der Waals surface area contributed by atoms with Crippen molar-refractivity contribution >= 4 is 22.6 Å². The second-order valence-electron chi connectivity index (χ2n) is 3.43. The van der Waals surface area contributed by atoms with E-state index in [-0.39, 0.29) is 6.61 Å². The SMILES string of the molecule is C#CCOC(=O)Nc1cccc2ccccc12. The lowest BCUT2D eigenvalue weighted by molar-refractivity contribution is 0.176. The molecule has 84 valence electrons. The molecule has 0 aliphatic carbocycles. The van der Waals surface area contributed by atoms with Gasteiger partial charge in [-0.1, -0.05) is 42.3 Å². The van der Waals surface area contributed by atoms with Crippen molar-refractivity contribution in [3.05, 3.63) is 42.5 Å². The molecule has 2 aromatic rings. The van der Waals surface area contributed by atoms with E-state index in [2.05, 4.69) is 11.2 Å². The largest absolute Gasteiger partial charge is 0.436 e. The molecule has 2 aromatic carbocycles. The molecule has 1 N–H and O–H groups in total. The average Bonchev–Trinajstić information content (AvgIpc) is 2.37. The number of ether oxygens (including phenoxy) is 1. The number of rotatable bonds is 2. The third-order valence-electron chi connectivity index (χ3n) is 2.31. The number of fused-ring (bicyclic) bond motifs is 1. The maximum absolute atomic E-state index is 11.4. The van der Waals surface area contributed by atoms with Gasteiger partial charge in [-0.3, -0.25) is 5.32 Å². The van der Waals surface area contributed by atoms with Crippen molar-refractivity contribution in [2.24, 2.45) is 0 Å². The minimum Gasteiger partial charge on any atom is -0.436 e. The lowest BCUT2D eigenvalue weighted by Gasteiger charge is -2.07. The lowest BCUT2D eigenvalue weighted by atomic mass is 10.1. The zero-order valence-electron chi connectivity index (χ0n) is 9.14. The Bertz CT molecular complexity index is 579. The van der Waals surface area contributed by atoms with Crippen LogP contribution in [0.3, 0.4) is 0 Å². The van der Waals surface area contributed by atoms with E-state index in [4.69, 9.17) is 11.2 Å². The molecule has 2 rings (SSSR count). The summed E-state index contributed by atoms with van der Waals surface area (Å²) in [6, 6.07) is 13.5. The van der Waals surface area contributed by atoms with Crippen molar-refractivity contribution in [1.82, 2.24) is 0 Å². The van der Waals surface area contributed by atoms with Gasteiger partial charge >= 0.3 is 6.09 Å². The average molecular weight is 225 g/mol. The highest BCUT2D eigenvalue weighted by atomic mass is 16.5. The summed E-state index contributed by atoms with van der Waals surface area (Å²) in [7, 11) is 0. The maximum atomic E-state index is 11.4. The molecule has 0 saturated carbocycles. The summed E-state index contributed by atoms with van der Waals surface area (Å²) >= 11 is 0. The highest BCUT2D eigenvalue weighted by molar-refractivity contribution is 6.00. The van der Waals surface area contributed by atoms with Gasteiger partial charge in [0.1, 0.15) is 0 Å². The van der Waals surface area contributed by atoms with Crippen LogP contribution < -0.4 is 5.32 Å². The molecule has 0 fully saturated rings. The molecule has 0 unspecified atom stereocenters. The second kappa shape index (κ2) is 5.04. The third-order valence-corrected chi connectivity index (χ3v) is 2.31. The van der Waals surface area contributed by atoms with Crippen LogP contribution in [-0.2, 0) is 4.74 Å². The van der Waals surface area contributed by atoms with Crippen molar-refractivity contribution in [3.63, 3.8) is 0 Å². The Hall–Kier alpha value is -2.47. The van der Waals surface area contributed by atoms with Gasteiger partial charge in [0, 0.05) is 5.39 Å². The Morgan fingerprint density at radius 2 is 2.00 bits per heavy atom. The van der Waals surface area contributed by atoms with Gasteiger partial charge in [-0.05, 0) is 11.5 Å². The van der Waals surface area contributed by atoms with E-state index in [1.54, 1.807) is 0 Å². The van der Waals surface area contributed by atoms with Crippen LogP contribution >= 0.6 is 0 Å². The number of carbonyl (C=O) groups excluding carboxylic acids is 1. The van der Waals surface area contributed by atoms with Gasteiger partial charge in [-0.15, -0.1) is 6.42 Å². The molecule has 0 aromatic heterocycles. The van der Waals surface area contributed by atoms with E-state index in [0.717, 1.165) is 10.8 Å². The quantitative estimate of drug-likeness (QED) is 0.798. The minimum atomic E-state index is -0.542. The molecule has 0 aliphatic rings. The number of hydrogen-bond acceptors (Lipinski definition) is 2. The molecule has 0 heterocycles. The van der Waals surface area contributed by atoms with Crippen LogP contribution in [0.15, 0.2) is 42.5 Å². The standard InChI is InChI=1S/C14H11NO2/c1-2-10-17-14(16)15-13-9-5-7-11-6-3-4-8-12(11)13/h1,3-9H,10H2,(H,15,16). The summed E-state index contributed by atoms with van der Waals surface area (Å²) in [6.45, 7) is -0.0312. The predicted molar refractivity (Wildman–Crippen MR) is 67.8 cm³/mol. The van der Waals surface area contributed by atoms with E-state index < -0.39 is 6.09 Å². The van der Waals surface area contributed by atoms with Crippen LogP contribution in [0.5, 0.6) is 0 Å². The number of hydrogen-bond donors (Lipinski definition) is 1. The molecule has 3 nitrogen and oxygen atoms in total. The van der Waals surface area contributed by atoms with Crippen molar-refractivity contribution < 1.29 is 9.53 Å².